The summed E-state index contributed by atoms with van der Waals surface area (Å²) in [5, 5.41) is 17.5. The van der Waals surface area contributed by atoms with Crippen LogP contribution in [0.1, 0.15) is 5.56 Å². The number of carboxylic acid groups (broad SMARTS) is 1. The van der Waals surface area contributed by atoms with Gasteiger partial charge < -0.3 is 14.9 Å². The van der Waals surface area contributed by atoms with E-state index in [0.29, 0.717) is 16.3 Å². The van der Waals surface area contributed by atoms with E-state index in [1.54, 1.807) is 18.2 Å². The SMILES string of the molecule is O=C(O)C=Cc1ccc(Cl)c(OCCO)c1. The average Bonchev–Trinajstić information content (AvgIpc) is 2.26. The highest BCUT2D eigenvalue weighted by atomic mass is 35.5. The largest absolute Gasteiger partial charge is 0.490 e. The standard InChI is InChI=1S/C11H11ClO4/c12-9-3-1-8(2-4-11(14)15)7-10(9)16-6-5-13/h1-4,7,13H,5-6H2,(H,14,15). The molecular weight excluding hydrogens is 232 g/mol. The van der Waals surface area contributed by atoms with Crippen LogP contribution in [0.4, 0.5) is 0 Å². The lowest BCUT2D eigenvalue weighted by Gasteiger charge is -2.06. The van der Waals surface area contributed by atoms with Gasteiger partial charge in [0.05, 0.1) is 11.6 Å². The Morgan fingerprint density at radius 2 is 2.25 bits per heavy atom. The van der Waals surface area contributed by atoms with Crippen molar-refractivity contribution in [2.75, 3.05) is 13.2 Å². The van der Waals surface area contributed by atoms with Crippen LogP contribution in [0.5, 0.6) is 5.75 Å². The number of halogens is 1. The van der Waals surface area contributed by atoms with Crippen LogP contribution in [0.15, 0.2) is 24.3 Å². The number of carbonyl (C=O) groups is 1. The molecule has 0 radical (unpaired) electrons. The zero-order chi connectivity index (χ0) is 12.0. The van der Waals surface area contributed by atoms with Gasteiger partial charge in [0, 0.05) is 6.08 Å². The Morgan fingerprint density at radius 1 is 1.50 bits per heavy atom. The Balaban J connectivity index is 2.84. The number of ether oxygens (including phenoxy) is 1. The molecule has 0 unspecified atom stereocenters. The number of aliphatic hydroxyl groups is 1. The number of hydrogen-bond acceptors (Lipinski definition) is 3. The Labute approximate surface area is 97.7 Å². The number of carboxylic acids is 1. The Kier molecular flexibility index (Phi) is 4.82. The van der Waals surface area contributed by atoms with Gasteiger partial charge >= 0.3 is 5.97 Å². The van der Waals surface area contributed by atoms with Gasteiger partial charge in [-0.05, 0) is 23.8 Å². The topological polar surface area (TPSA) is 66.8 Å². The van der Waals surface area contributed by atoms with Gasteiger partial charge in [0.2, 0.25) is 0 Å². The second-order valence-corrected chi connectivity index (χ2v) is 3.34. The molecule has 1 aromatic rings. The van der Waals surface area contributed by atoms with Crippen molar-refractivity contribution in [3.63, 3.8) is 0 Å². The van der Waals surface area contributed by atoms with Crippen LogP contribution < -0.4 is 4.74 Å². The van der Waals surface area contributed by atoms with Crippen molar-refractivity contribution < 1.29 is 19.7 Å². The fourth-order valence-electron chi connectivity index (χ4n) is 1.06. The molecule has 0 aliphatic carbocycles. The number of aliphatic hydroxyl groups excluding tert-OH is 1. The van der Waals surface area contributed by atoms with Gasteiger partial charge in [-0.2, -0.15) is 0 Å². The van der Waals surface area contributed by atoms with Crippen molar-refractivity contribution in [2.45, 2.75) is 0 Å². The zero-order valence-electron chi connectivity index (χ0n) is 8.39. The summed E-state index contributed by atoms with van der Waals surface area (Å²) in [6.07, 6.45) is 2.46. The molecular formula is C11H11ClO4. The summed E-state index contributed by atoms with van der Waals surface area (Å²) < 4.78 is 5.17. The molecule has 4 nitrogen and oxygen atoms in total. The van der Waals surface area contributed by atoms with Gasteiger partial charge in [-0.25, -0.2) is 4.79 Å². The Morgan fingerprint density at radius 3 is 2.88 bits per heavy atom. The molecule has 0 aromatic heterocycles. The van der Waals surface area contributed by atoms with Gasteiger partial charge in [-0.1, -0.05) is 17.7 Å². The minimum atomic E-state index is -1.02. The number of benzene rings is 1. The monoisotopic (exact) mass is 242 g/mol. The van der Waals surface area contributed by atoms with Crippen LogP contribution >= 0.6 is 11.6 Å². The minimum Gasteiger partial charge on any atom is -0.490 e. The van der Waals surface area contributed by atoms with Gasteiger partial charge in [-0.3, -0.25) is 0 Å². The molecule has 0 aliphatic heterocycles. The molecule has 0 fully saturated rings. The van der Waals surface area contributed by atoms with Crippen LogP contribution in [0.2, 0.25) is 5.02 Å². The third-order valence-electron chi connectivity index (χ3n) is 1.72. The highest BCUT2D eigenvalue weighted by Gasteiger charge is 2.01. The van der Waals surface area contributed by atoms with E-state index in [0.717, 1.165) is 6.08 Å². The van der Waals surface area contributed by atoms with E-state index >= 15 is 0 Å². The van der Waals surface area contributed by atoms with Crippen LogP contribution in [-0.4, -0.2) is 29.4 Å². The Hall–Kier alpha value is -1.52. The van der Waals surface area contributed by atoms with Gasteiger partial charge in [-0.15, -0.1) is 0 Å². The molecule has 0 aliphatic rings. The highest BCUT2D eigenvalue weighted by molar-refractivity contribution is 6.32. The lowest BCUT2D eigenvalue weighted by Crippen LogP contribution is -2.02. The lowest BCUT2D eigenvalue weighted by molar-refractivity contribution is -0.131. The quantitative estimate of drug-likeness (QED) is 0.773. The van der Waals surface area contributed by atoms with Crippen molar-refractivity contribution in [3.05, 3.63) is 34.9 Å². The molecule has 0 atom stereocenters. The first kappa shape index (κ1) is 12.5. The predicted molar refractivity (Wildman–Crippen MR) is 60.7 cm³/mol. The van der Waals surface area contributed by atoms with Crippen molar-refractivity contribution in [3.8, 4) is 5.75 Å². The second kappa shape index (κ2) is 6.15. The van der Waals surface area contributed by atoms with Crippen LogP contribution in [-0.2, 0) is 4.79 Å². The first-order chi connectivity index (χ1) is 7.63. The van der Waals surface area contributed by atoms with Crippen molar-refractivity contribution in [1.82, 2.24) is 0 Å². The van der Waals surface area contributed by atoms with Crippen molar-refractivity contribution >= 4 is 23.6 Å². The summed E-state index contributed by atoms with van der Waals surface area (Å²) in [4.78, 5) is 10.3. The maximum absolute atomic E-state index is 10.3. The van der Waals surface area contributed by atoms with E-state index < -0.39 is 5.97 Å². The number of aliphatic carboxylic acids is 1. The van der Waals surface area contributed by atoms with E-state index in [1.165, 1.54) is 6.08 Å². The van der Waals surface area contributed by atoms with Gasteiger partial charge in [0.15, 0.2) is 0 Å². The molecule has 86 valence electrons. The predicted octanol–water partition coefficient (Wildman–Crippen LogP) is 1.81. The molecule has 5 heteroatoms. The number of rotatable bonds is 5. The van der Waals surface area contributed by atoms with Gasteiger partial charge in [0.1, 0.15) is 12.4 Å². The van der Waals surface area contributed by atoms with Crippen molar-refractivity contribution in [1.29, 1.82) is 0 Å². The maximum atomic E-state index is 10.3. The summed E-state index contributed by atoms with van der Waals surface area (Å²) in [6, 6.07) is 4.89. The molecule has 16 heavy (non-hydrogen) atoms. The third kappa shape index (κ3) is 3.92. The normalized spacial score (nSPS) is 10.6. The minimum absolute atomic E-state index is 0.106. The van der Waals surface area contributed by atoms with Crippen LogP contribution in [0, 0.1) is 0 Å². The summed E-state index contributed by atoms with van der Waals surface area (Å²) >= 11 is 5.85. The molecule has 0 saturated heterocycles. The number of hydrogen-bond donors (Lipinski definition) is 2. The summed E-state index contributed by atoms with van der Waals surface area (Å²) in [6.45, 7) is 0.0390. The second-order valence-electron chi connectivity index (χ2n) is 2.93. The summed E-state index contributed by atoms with van der Waals surface area (Å²) in [5.74, 6) is -0.601. The van der Waals surface area contributed by atoms with E-state index in [1.807, 2.05) is 0 Å². The van der Waals surface area contributed by atoms with Crippen LogP contribution in [0.3, 0.4) is 0 Å². The molecule has 1 aromatic carbocycles. The first-order valence-corrected chi connectivity index (χ1v) is 4.95. The molecule has 0 amide bonds. The van der Waals surface area contributed by atoms with E-state index in [4.69, 9.17) is 26.6 Å². The zero-order valence-corrected chi connectivity index (χ0v) is 9.15. The smallest absolute Gasteiger partial charge is 0.328 e. The lowest BCUT2D eigenvalue weighted by atomic mass is 10.2. The summed E-state index contributed by atoms with van der Waals surface area (Å²) in [7, 11) is 0. The fourth-order valence-corrected chi connectivity index (χ4v) is 1.23. The average molecular weight is 243 g/mol. The van der Waals surface area contributed by atoms with E-state index in [-0.39, 0.29) is 13.2 Å². The first-order valence-electron chi connectivity index (χ1n) is 4.57. The van der Waals surface area contributed by atoms with E-state index in [2.05, 4.69) is 0 Å². The molecule has 0 saturated carbocycles. The molecule has 0 bridgehead atoms. The third-order valence-corrected chi connectivity index (χ3v) is 2.03. The summed E-state index contributed by atoms with van der Waals surface area (Å²) in [5.41, 5.74) is 0.666. The highest BCUT2D eigenvalue weighted by Crippen LogP contribution is 2.25. The molecule has 0 spiro atoms. The molecule has 2 N–H and O–H groups in total. The van der Waals surface area contributed by atoms with Gasteiger partial charge in [0.25, 0.3) is 0 Å². The van der Waals surface area contributed by atoms with E-state index in [9.17, 15) is 4.79 Å². The molecule has 1 rings (SSSR count). The van der Waals surface area contributed by atoms with Crippen molar-refractivity contribution in [2.24, 2.45) is 0 Å². The fraction of sp³-hybridized carbons (Fsp3) is 0.182. The van der Waals surface area contributed by atoms with Crippen LogP contribution in [0.25, 0.3) is 6.08 Å². The Bertz CT molecular complexity index is 401. The maximum Gasteiger partial charge on any atom is 0.328 e. The molecule has 0 heterocycles.